The summed E-state index contributed by atoms with van der Waals surface area (Å²) >= 11 is 0. The monoisotopic (exact) mass is 319 g/mol. The second-order valence-corrected chi connectivity index (χ2v) is 7.32. The second kappa shape index (κ2) is 5.00. The normalized spacial score (nSPS) is 26.2. The first-order chi connectivity index (χ1) is 9.60. The van der Waals surface area contributed by atoms with Crippen LogP contribution in [0.5, 0.6) is 0 Å². The lowest BCUT2D eigenvalue weighted by atomic mass is 9.80. The lowest BCUT2D eigenvalue weighted by molar-refractivity contribution is -0.137. The minimum Gasteiger partial charge on any atom is -0.387 e. The first kappa shape index (κ1) is 15.8. The molecule has 2 rings (SSSR count). The molecule has 0 amide bonds. The molecule has 0 radical (unpaired) electrons. The minimum absolute atomic E-state index is 0.0337. The molecule has 1 aromatic carbocycles. The first-order valence-electron chi connectivity index (χ1n) is 6.07. The lowest BCUT2D eigenvalue weighted by Gasteiger charge is -2.26. The number of sulfone groups is 1. The van der Waals surface area contributed by atoms with Crippen molar-refractivity contribution in [3.63, 3.8) is 0 Å². The highest BCUT2D eigenvalue weighted by Gasteiger charge is 2.48. The number of aliphatic hydroxyl groups excluding tert-OH is 1. The van der Waals surface area contributed by atoms with Crippen molar-refractivity contribution in [2.75, 3.05) is 11.5 Å². The van der Waals surface area contributed by atoms with Gasteiger partial charge in [-0.1, -0.05) is 12.1 Å². The maximum absolute atomic E-state index is 12.5. The molecule has 1 heterocycles. The summed E-state index contributed by atoms with van der Waals surface area (Å²) in [6.07, 6.45) is -5.97. The number of hydrogen-bond donors (Lipinski definition) is 1. The van der Waals surface area contributed by atoms with E-state index >= 15 is 0 Å². The van der Waals surface area contributed by atoms with E-state index in [9.17, 15) is 32.0 Å². The van der Waals surface area contributed by atoms with Crippen LogP contribution in [0.3, 0.4) is 0 Å². The summed E-state index contributed by atoms with van der Waals surface area (Å²) in [5, 5.41) is 19.4. The minimum atomic E-state index is -4.49. The molecule has 0 saturated carbocycles. The Hall–Kier alpha value is -1.59. The lowest BCUT2D eigenvalue weighted by Crippen LogP contribution is -2.28. The highest BCUT2D eigenvalue weighted by molar-refractivity contribution is 7.91. The summed E-state index contributed by atoms with van der Waals surface area (Å²) < 4.78 is 60.4. The van der Waals surface area contributed by atoms with Gasteiger partial charge in [-0.05, 0) is 24.1 Å². The molecule has 0 aromatic heterocycles. The summed E-state index contributed by atoms with van der Waals surface area (Å²) in [5.41, 5.74) is -2.27. The van der Waals surface area contributed by atoms with Crippen molar-refractivity contribution in [3.05, 3.63) is 35.4 Å². The van der Waals surface area contributed by atoms with Crippen molar-refractivity contribution in [3.8, 4) is 6.07 Å². The van der Waals surface area contributed by atoms with Crippen LogP contribution >= 0.6 is 0 Å². The van der Waals surface area contributed by atoms with Crippen molar-refractivity contribution in [2.24, 2.45) is 5.41 Å². The van der Waals surface area contributed by atoms with Crippen LogP contribution in [0.15, 0.2) is 24.3 Å². The number of nitriles is 1. The van der Waals surface area contributed by atoms with Crippen molar-refractivity contribution in [1.29, 1.82) is 5.26 Å². The smallest absolute Gasteiger partial charge is 0.387 e. The molecule has 4 nitrogen and oxygen atoms in total. The maximum atomic E-state index is 12.5. The fraction of sp³-hybridized carbons (Fsp3) is 0.462. The third-order valence-electron chi connectivity index (χ3n) is 3.64. The molecule has 1 aliphatic rings. The van der Waals surface area contributed by atoms with Crippen LogP contribution in [0.4, 0.5) is 13.2 Å². The van der Waals surface area contributed by atoms with Gasteiger partial charge in [-0.2, -0.15) is 18.4 Å². The number of rotatable bonds is 2. The Morgan fingerprint density at radius 3 is 2.24 bits per heavy atom. The second-order valence-electron chi connectivity index (χ2n) is 5.13. The van der Waals surface area contributed by atoms with Crippen LogP contribution in [-0.2, 0) is 16.0 Å². The quantitative estimate of drug-likeness (QED) is 0.905. The van der Waals surface area contributed by atoms with Gasteiger partial charge in [-0.25, -0.2) is 8.42 Å². The predicted molar refractivity (Wildman–Crippen MR) is 67.7 cm³/mol. The summed E-state index contributed by atoms with van der Waals surface area (Å²) in [6, 6.07) is 5.56. The van der Waals surface area contributed by atoms with E-state index in [4.69, 9.17) is 0 Å². The molecule has 8 heteroatoms. The van der Waals surface area contributed by atoms with Crippen LogP contribution in [0.2, 0.25) is 0 Å². The van der Waals surface area contributed by atoms with Gasteiger partial charge < -0.3 is 5.11 Å². The van der Waals surface area contributed by atoms with Gasteiger partial charge in [-0.3, -0.25) is 0 Å². The molecule has 1 aromatic rings. The van der Waals surface area contributed by atoms with Crippen LogP contribution in [0, 0.1) is 16.7 Å². The number of benzene rings is 1. The molecule has 1 fully saturated rings. The summed E-state index contributed by atoms with van der Waals surface area (Å²) in [6.45, 7) is 0. The van der Waals surface area contributed by atoms with Gasteiger partial charge >= 0.3 is 6.18 Å². The third-order valence-corrected chi connectivity index (χ3v) is 5.42. The number of aliphatic hydroxyl groups is 1. The van der Waals surface area contributed by atoms with Crippen LogP contribution in [-0.4, -0.2) is 25.0 Å². The Balaban J connectivity index is 2.32. The Bertz CT molecular complexity index is 676. The van der Waals surface area contributed by atoms with Crippen LogP contribution in [0.25, 0.3) is 0 Å². The van der Waals surface area contributed by atoms with Gasteiger partial charge in [0.15, 0.2) is 9.84 Å². The fourth-order valence-electron chi connectivity index (χ4n) is 2.41. The number of hydrogen-bond acceptors (Lipinski definition) is 4. The molecular weight excluding hydrogens is 307 g/mol. The van der Waals surface area contributed by atoms with Crippen molar-refractivity contribution in [2.45, 2.75) is 18.7 Å². The van der Waals surface area contributed by atoms with E-state index in [1.54, 1.807) is 0 Å². The summed E-state index contributed by atoms with van der Waals surface area (Å²) in [4.78, 5) is 0. The zero-order chi connectivity index (χ0) is 15.9. The topological polar surface area (TPSA) is 78.2 Å². The standard InChI is InChI=1S/C13H12F3NO3S/c14-13(15,16)10-3-1-9(2-4-10)11(18)12(7-17)5-6-21(19,20)8-12/h1-4,11,18H,5-6,8H2. The highest BCUT2D eigenvalue weighted by atomic mass is 32.2. The largest absolute Gasteiger partial charge is 0.416 e. The highest BCUT2D eigenvalue weighted by Crippen LogP contribution is 2.43. The Labute approximate surface area is 119 Å². The molecule has 21 heavy (non-hydrogen) atoms. The molecular formula is C13H12F3NO3S. The molecule has 1 aliphatic heterocycles. The van der Waals surface area contributed by atoms with E-state index in [0.29, 0.717) is 0 Å². The summed E-state index contributed by atoms with van der Waals surface area (Å²) in [7, 11) is -3.41. The number of alkyl halides is 3. The van der Waals surface area contributed by atoms with Crippen LogP contribution < -0.4 is 0 Å². The molecule has 0 spiro atoms. The average Bonchev–Trinajstić information content (AvgIpc) is 2.74. The number of nitrogens with zero attached hydrogens (tertiary/aromatic N) is 1. The molecule has 1 saturated heterocycles. The molecule has 1 N–H and O–H groups in total. The molecule has 0 aliphatic carbocycles. The Morgan fingerprint density at radius 2 is 1.86 bits per heavy atom. The van der Waals surface area contributed by atoms with E-state index < -0.39 is 38.8 Å². The molecule has 114 valence electrons. The van der Waals surface area contributed by atoms with Crippen LogP contribution in [0.1, 0.15) is 23.7 Å². The van der Waals surface area contributed by atoms with Gasteiger partial charge in [-0.15, -0.1) is 0 Å². The Kier molecular flexibility index (Phi) is 3.76. The SMILES string of the molecule is N#CC1(C(O)c2ccc(C(F)(F)F)cc2)CCS(=O)(=O)C1. The van der Waals surface area contributed by atoms with E-state index in [1.807, 2.05) is 6.07 Å². The average molecular weight is 319 g/mol. The molecule has 2 unspecified atom stereocenters. The van der Waals surface area contributed by atoms with Crippen molar-refractivity contribution < 1.29 is 26.7 Å². The van der Waals surface area contributed by atoms with Crippen molar-refractivity contribution in [1.82, 2.24) is 0 Å². The maximum Gasteiger partial charge on any atom is 0.416 e. The van der Waals surface area contributed by atoms with E-state index in [0.717, 1.165) is 24.3 Å². The number of halogens is 3. The molecule has 2 atom stereocenters. The van der Waals surface area contributed by atoms with Gasteiger partial charge in [0, 0.05) is 0 Å². The van der Waals surface area contributed by atoms with E-state index in [2.05, 4.69) is 0 Å². The van der Waals surface area contributed by atoms with Gasteiger partial charge in [0.2, 0.25) is 0 Å². The molecule has 0 bridgehead atoms. The van der Waals surface area contributed by atoms with Gasteiger partial charge in [0.05, 0.1) is 29.2 Å². The van der Waals surface area contributed by atoms with E-state index in [1.165, 1.54) is 0 Å². The third kappa shape index (κ3) is 3.04. The zero-order valence-electron chi connectivity index (χ0n) is 10.8. The zero-order valence-corrected chi connectivity index (χ0v) is 11.6. The van der Waals surface area contributed by atoms with E-state index in [-0.39, 0.29) is 17.7 Å². The van der Waals surface area contributed by atoms with Gasteiger partial charge in [0.1, 0.15) is 5.41 Å². The Morgan fingerprint density at radius 1 is 1.29 bits per heavy atom. The summed E-state index contributed by atoms with van der Waals surface area (Å²) in [5.74, 6) is -0.697. The fourth-order valence-corrected chi connectivity index (χ4v) is 4.38. The van der Waals surface area contributed by atoms with Gasteiger partial charge in [0.25, 0.3) is 0 Å². The predicted octanol–water partition coefficient (Wildman–Crippen LogP) is 2.07. The van der Waals surface area contributed by atoms with Crippen molar-refractivity contribution >= 4 is 9.84 Å². The first-order valence-corrected chi connectivity index (χ1v) is 7.89.